The van der Waals surface area contributed by atoms with Crippen molar-refractivity contribution in [3.05, 3.63) is 55.9 Å². The van der Waals surface area contributed by atoms with E-state index in [1.165, 1.54) is 0 Å². The van der Waals surface area contributed by atoms with Gasteiger partial charge in [-0.2, -0.15) is 0 Å². The van der Waals surface area contributed by atoms with E-state index in [-0.39, 0.29) is 0 Å². The summed E-state index contributed by atoms with van der Waals surface area (Å²) in [7, 11) is 0. The summed E-state index contributed by atoms with van der Waals surface area (Å²) in [5.41, 5.74) is 0. The van der Waals surface area contributed by atoms with Crippen LogP contribution in [0.3, 0.4) is 0 Å². The Labute approximate surface area is 119 Å². The van der Waals surface area contributed by atoms with Gasteiger partial charge in [-0.05, 0) is 78.1 Å². The lowest BCUT2D eigenvalue weighted by atomic mass is 10.3. The van der Waals surface area contributed by atoms with Gasteiger partial charge in [0, 0.05) is 8.95 Å². The molecule has 1 nitrogen and oxygen atoms in total. The molecule has 82 valence electrons. The number of para-hydroxylation sites is 1. The molecule has 0 heterocycles. The summed E-state index contributed by atoms with van der Waals surface area (Å²) in [6.07, 6.45) is 0. The van der Waals surface area contributed by atoms with Crippen LogP contribution in [0, 0.1) is 0 Å². The van der Waals surface area contributed by atoms with Crippen LogP contribution in [0.4, 0.5) is 0 Å². The first kappa shape index (κ1) is 12.1. The average molecular weight is 407 g/mol. The Morgan fingerprint density at radius 2 is 1.50 bits per heavy atom. The fraction of sp³-hybridized carbons (Fsp3) is 0. The zero-order valence-electron chi connectivity index (χ0n) is 8.08. The van der Waals surface area contributed by atoms with Crippen LogP contribution in [0.5, 0.6) is 11.5 Å². The van der Waals surface area contributed by atoms with Gasteiger partial charge >= 0.3 is 0 Å². The molecule has 0 N–H and O–H groups in total. The van der Waals surface area contributed by atoms with E-state index in [9.17, 15) is 0 Å². The van der Waals surface area contributed by atoms with Gasteiger partial charge in [0.15, 0.2) is 0 Å². The molecular formula is C12H7Br3O. The van der Waals surface area contributed by atoms with Gasteiger partial charge in [-0.15, -0.1) is 0 Å². The highest BCUT2D eigenvalue weighted by atomic mass is 79.9. The van der Waals surface area contributed by atoms with Crippen LogP contribution in [0.25, 0.3) is 0 Å². The molecule has 16 heavy (non-hydrogen) atoms. The Hall–Kier alpha value is -0.320. The Bertz CT molecular complexity index is 511. The largest absolute Gasteiger partial charge is 0.456 e. The van der Waals surface area contributed by atoms with Crippen molar-refractivity contribution in [2.24, 2.45) is 0 Å². The van der Waals surface area contributed by atoms with Crippen molar-refractivity contribution in [2.45, 2.75) is 0 Å². The molecule has 0 fully saturated rings. The molecular weight excluding hydrogens is 400 g/mol. The van der Waals surface area contributed by atoms with Crippen LogP contribution in [0.15, 0.2) is 55.9 Å². The lowest BCUT2D eigenvalue weighted by Crippen LogP contribution is -1.85. The minimum absolute atomic E-state index is 0.793. The summed E-state index contributed by atoms with van der Waals surface area (Å²) in [6.45, 7) is 0. The Morgan fingerprint density at radius 3 is 2.19 bits per heavy atom. The molecule has 0 radical (unpaired) electrons. The van der Waals surface area contributed by atoms with Crippen LogP contribution in [-0.4, -0.2) is 0 Å². The molecule has 0 spiro atoms. The zero-order valence-corrected chi connectivity index (χ0v) is 12.8. The Kier molecular flexibility index (Phi) is 4.05. The van der Waals surface area contributed by atoms with Gasteiger partial charge < -0.3 is 4.74 Å². The van der Waals surface area contributed by atoms with E-state index >= 15 is 0 Å². The molecule has 0 atom stereocenters. The molecule has 4 heteroatoms. The second kappa shape index (κ2) is 5.34. The van der Waals surface area contributed by atoms with Crippen LogP contribution >= 0.6 is 47.8 Å². The highest BCUT2D eigenvalue weighted by molar-refractivity contribution is 9.13. The van der Waals surface area contributed by atoms with Gasteiger partial charge in [0.2, 0.25) is 0 Å². The molecule has 0 aromatic heterocycles. The van der Waals surface area contributed by atoms with E-state index in [2.05, 4.69) is 47.8 Å². The Balaban J connectivity index is 2.28. The molecule has 0 aliphatic rings. The third-order valence-electron chi connectivity index (χ3n) is 1.96. The van der Waals surface area contributed by atoms with E-state index in [0.717, 1.165) is 24.9 Å². The quantitative estimate of drug-likeness (QED) is 0.615. The predicted molar refractivity (Wildman–Crippen MR) is 76.1 cm³/mol. The number of benzene rings is 2. The molecule has 0 aliphatic heterocycles. The Morgan fingerprint density at radius 1 is 0.750 bits per heavy atom. The summed E-state index contributed by atoms with van der Waals surface area (Å²) in [5.74, 6) is 1.60. The summed E-state index contributed by atoms with van der Waals surface area (Å²) >= 11 is 10.3. The van der Waals surface area contributed by atoms with Crippen molar-refractivity contribution >= 4 is 47.8 Å². The van der Waals surface area contributed by atoms with Crippen molar-refractivity contribution in [3.8, 4) is 11.5 Å². The molecule has 0 saturated heterocycles. The van der Waals surface area contributed by atoms with Crippen LogP contribution < -0.4 is 4.74 Å². The standard InChI is InChI=1S/C12H7Br3O/c13-9-6-5-8(7-11(9)15)16-12-4-2-1-3-10(12)14/h1-7H. The molecule has 0 amide bonds. The van der Waals surface area contributed by atoms with Crippen molar-refractivity contribution in [1.82, 2.24) is 0 Å². The first-order chi connectivity index (χ1) is 7.66. The van der Waals surface area contributed by atoms with E-state index in [0.29, 0.717) is 0 Å². The second-order valence-electron chi connectivity index (χ2n) is 3.11. The third-order valence-corrected chi connectivity index (χ3v) is 4.49. The average Bonchev–Trinajstić information content (AvgIpc) is 2.27. The molecule has 2 rings (SSSR count). The molecule has 2 aromatic carbocycles. The molecule has 0 bridgehead atoms. The summed E-state index contributed by atoms with van der Waals surface area (Å²) in [4.78, 5) is 0. The maximum atomic E-state index is 5.75. The van der Waals surface area contributed by atoms with Crippen molar-refractivity contribution in [3.63, 3.8) is 0 Å². The topological polar surface area (TPSA) is 9.23 Å². The minimum atomic E-state index is 0.793. The fourth-order valence-electron chi connectivity index (χ4n) is 1.19. The first-order valence-corrected chi connectivity index (χ1v) is 6.92. The van der Waals surface area contributed by atoms with Gasteiger partial charge in [-0.3, -0.25) is 0 Å². The molecule has 0 saturated carbocycles. The van der Waals surface area contributed by atoms with Crippen molar-refractivity contribution in [2.75, 3.05) is 0 Å². The van der Waals surface area contributed by atoms with E-state index in [1.54, 1.807) is 0 Å². The van der Waals surface area contributed by atoms with Gasteiger partial charge in [-0.25, -0.2) is 0 Å². The molecule has 0 aliphatic carbocycles. The van der Waals surface area contributed by atoms with Crippen molar-refractivity contribution < 1.29 is 4.74 Å². The SMILES string of the molecule is Brc1ccc(Oc2ccccc2Br)cc1Br. The maximum absolute atomic E-state index is 5.75. The van der Waals surface area contributed by atoms with Crippen molar-refractivity contribution in [1.29, 1.82) is 0 Å². The third kappa shape index (κ3) is 2.87. The summed E-state index contributed by atoms with van der Waals surface area (Å²) < 4.78 is 8.66. The van der Waals surface area contributed by atoms with E-state index < -0.39 is 0 Å². The highest BCUT2D eigenvalue weighted by Gasteiger charge is 2.03. The van der Waals surface area contributed by atoms with E-state index in [4.69, 9.17) is 4.74 Å². The highest BCUT2D eigenvalue weighted by Crippen LogP contribution is 2.32. The monoisotopic (exact) mass is 404 g/mol. The second-order valence-corrected chi connectivity index (χ2v) is 5.67. The number of hydrogen-bond acceptors (Lipinski definition) is 1. The maximum Gasteiger partial charge on any atom is 0.141 e. The predicted octanol–water partition coefficient (Wildman–Crippen LogP) is 5.77. The van der Waals surface area contributed by atoms with Crippen LogP contribution in [-0.2, 0) is 0 Å². The number of rotatable bonds is 2. The van der Waals surface area contributed by atoms with Gasteiger partial charge in [0.1, 0.15) is 11.5 Å². The smallest absolute Gasteiger partial charge is 0.141 e. The summed E-state index contributed by atoms with van der Waals surface area (Å²) in [6, 6.07) is 13.5. The normalized spacial score (nSPS) is 10.2. The van der Waals surface area contributed by atoms with Crippen LogP contribution in [0.1, 0.15) is 0 Å². The lowest BCUT2D eigenvalue weighted by Gasteiger charge is -2.08. The van der Waals surface area contributed by atoms with Gasteiger partial charge in [-0.1, -0.05) is 12.1 Å². The summed E-state index contributed by atoms with van der Waals surface area (Å²) in [5, 5.41) is 0. The fourth-order valence-corrected chi connectivity index (χ4v) is 2.16. The zero-order chi connectivity index (χ0) is 11.5. The number of ether oxygens (including phenoxy) is 1. The molecule has 0 unspecified atom stereocenters. The molecule has 2 aromatic rings. The van der Waals surface area contributed by atoms with E-state index in [1.807, 2.05) is 42.5 Å². The number of hydrogen-bond donors (Lipinski definition) is 0. The van der Waals surface area contributed by atoms with Gasteiger partial charge in [0.05, 0.1) is 4.47 Å². The number of halogens is 3. The first-order valence-electron chi connectivity index (χ1n) is 4.54. The lowest BCUT2D eigenvalue weighted by molar-refractivity contribution is 0.479. The van der Waals surface area contributed by atoms with Crippen LogP contribution in [0.2, 0.25) is 0 Å². The van der Waals surface area contributed by atoms with Gasteiger partial charge in [0.25, 0.3) is 0 Å². The minimum Gasteiger partial charge on any atom is -0.456 e.